The van der Waals surface area contributed by atoms with Gasteiger partial charge in [-0.1, -0.05) is 6.92 Å². The van der Waals surface area contributed by atoms with E-state index in [0.29, 0.717) is 10.2 Å². The summed E-state index contributed by atoms with van der Waals surface area (Å²) in [6, 6.07) is 4.48. The number of rotatable bonds is 5. The maximum atomic E-state index is 13.0. The number of nitrogens with two attached hydrogens (primary N) is 1. The largest absolute Gasteiger partial charge is 0.423 e. The smallest absolute Gasteiger partial charge is 0.321 e. The Morgan fingerprint density at radius 1 is 1.35 bits per heavy atom. The first-order valence-electron chi connectivity index (χ1n) is 6.28. The maximum Gasteiger partial charge on any atom is 0.321 e. The van der Waals surface area contributed by atoms with Crippen molar-refractivity contribution in [2.75, 3.05) is 0 Å². The monoisotopic (exact) mass is 339 g/mol. The average molecular weight is 340 g/mol. The highest BCUT2D eigenvalue weighted by Crippen LogP contribution is 2.28. The van der Waals surface area contributed by atoms with E-state index in [4.69, 9.17) is 10.5 Å². The summed E-state index contributed by atoms with van der Waals surface area (Å²) in [5.41, 5.74) is 6.83. The normalized spacial score (nSPS) is 12.2. The minimum absolute atomic E-state index is 0.108. The van der Waals surface area contributed by atoms with Crippen molar-refractivity contribution in [3.8, 4) is 11.8 Å². The van der Waals surface area contributed by atoms with Crippen LogP contribution >= 0.6 is 15.9 Å². The van der Waals surface area contributed by atoms with E-state index in [0.717, 1.165) is 18.4 Å². The fraction of sp³-hybridized carbons (Fsp3) is 0.286. The van der Waals surface area contributed by atoms with Gasteiger partial charge >= 0.3 is 6.01 Å². The van der Waals surface area contributed by atoms with Crippen LogP contribution in [0.3, 0.4) is 0 Å². The number of halogens is 2. The number of hydrogen-bond acceptors (Lipinski definition) is 4. The van der Waals surface area contributed by atoms with Crippen molar-refractivity contribution in [2.45, 2.75) is 25.8 Å². The van der Waals surface area contributed by atoms with Crippen LogP contribution in [0.2, 0.25) is 0 Å². The van der Waals surface area contributed by atoms with Crippen LogP contribution in [0, 0.1) is 5.82 Å². The summed E-state index contributed by atoms with van der Waals surface area (Å²) >= 11 is 3.22. The lowest BCUT2D eigenvalue weighted by molar-refractivity contribution is 0.436. The van der Waals surface area contributed by atoms with E-state index in [-0.39, 0.29) is 17.9 Å². The molecular formula is C14H15BrFN3O. The van der Waals surface area contributed by atoms with E-state index >= 15 is 0 Å². The Hall–Kier alpha value is -1.53. The molecule has 0 fully saturated rings. The van der Waals surface area contributed by atoms with Crippen molar-refractivity contribution >= 4 is 15.9 Å². The molecule has 0 aliphatic carbocycles. The second-order valence-electron chi connectivity index (χ2n) is 4.42. The zero-order valence-corrected chi connectivity index (χ0v) is 12.6. The van der Waals surface area contributed by atoms with Crippen LogP contribution in [0.15, 0.2) is 35.1 Å². The Kier molecular flexibility index (Phi) is 5.03. The van der Waals surface area contributed by atoms with Gasteiger partial charge in [0.15, 0.2) is 0 Å². The Balaban J connectivity index is 2.07. The predicted octanol–water partition coefficient (Wildman–Crippen LogP) is 3.45. The van der Waals surface area contributed by atoms with Crippen LogP contribution < -0.4 is 10.5 Å². The van der Waals surface area contributed by atoms with E-state index in [9.17, 15) is 4.39 Å². The van der Waals surface area contributed by atoms with Crippen LogP contribution in [-0.4, -0.2) is 16.0 Å². The Morgan fingerprint density at radius 2 is 2.05 bits per heavy atom. The fourth-order valence-electron chi connectivity index (χ4n) is 1.60. The van der Waals surface area contributed by atoms with Crippen molar-refractivity contribution in [3.63, 3.8) is 0 Å². The second-order valence-corrected chi connectivity index (χ2v) is 5.28. The molecule has 0 saturated heterocycles. The van der Waals surface area contributed by atoms with Gasteiger partial charge in [0, 0.05) is 18.4 Å². The highest BCUT2D eigenvalue weighted by atomic mass is 79.9. The summed E-state index contributed by atoms with van der Waals surface area (Å²) < 4.78 is 19.0. The third-order valence-corrected chi connectivity index (χ3v) is 3.42. The molecule has 106 valence electrons. The first-order chi connectivity index (χ1) is 9.58. The molecule has 0 bridgehead atoms. The topological polar surface area (TPSA) is 61.0 Å². The van der Waals surface area contributed by atoms with Crippen LogP contribution in [-0.2, 0) is 6.42 Å². The molecule has 0 aliphatic rings. The van der Waals surface area contributed by atoms with Crippen molar-refractivity contribution in [1.29, 1.82) is 0 Å². The number of aromatic nitrogens is 2. The summed E-state index contributed by atoms with van der Waals surface area (Å²) in [7, 11) is 0. The van der Waals surface area contributed by atoms with Gasteiger partial charge in [0.2, 0.25) is 0 Å². The lowest BCUT2D eigenvalue weighted by Crippen LogP contribution is -2.21. The molecule has 0 amide bonds. The summed E-state index contributed by atoms with van der Waals surface area (Å²) in [6.45, 7) is 2.04. The van der Waals surface area contributed by atoms with E-state index in [1.165, 1.54) is 18.2 Å². The molecule has 2 rings (SSSR count). The highest BCUT2D eigenvalue weighted by Gasteiger charge is 2.07. The van der Waals surface area contributed by atoms with E-state index in [1.54, 1.807) is 12.4 Å². The lowest BCUT2D eigenvalue weighted by Gasteiger charge is -2.09. The van der Waals surface area contributed by atoms with Gasteiger partial charge in [0.25, 0.3) is 0 Å². The summed E-state index contributed by atoms with van der Waals surface area (Å²) in [6.07, 6.45) is 5.02. The van der Waals surface area contributed by atoms with Gasteiger partial charge in [-0.25, -0.2) is 14.4 Å². The second kappa shape index (κ2) is 6.76. The molecule has 20 heavy (non-hydrogen) atoms. The average Bonchev–Trinajstić information content (AvgIpc) is 2.44. The molecule has 0 radical (unpaired) electrons. The van der Waals surface area contributed by atoms with Crippen molar-refractivity contribution in [3.05, 3.63) is 46.4 Å². The molecule has 2 N–H and O–H groups in total. The van der Waals surface area contributed by atoms with E-state index in [1.807, 2.05) is 6.92 Å². The highest BCUT2D eigenvalue weighted by molar-refractivity contribution is 9.10. The van der Waals surface area contributed by atoms with E-state index < -0.39 is 0 Å². The molecule has 0 spiro atoms. The third kappa shape index (κ3) is 3.98. The Labute approximate surface area is 125 Å². The van der Waals surface area contributed by atoms with Crippen LogP contribution in [0.5, 0.6) is 11.8 Å². The molecule has 4 nitrogen and oxygen atoms in total. The van der Waals surface area contributed by atoms with Crippen molar-refractivity contribution in [1.82, 2.24) is 9.97 Å². The maximum absolute atomic E-state index is 13.0. The SMILES string of the molecule is CCC(N)Cc1cnc(Oc2ccc(F)cc2Br)nc1. The molecule has 2 aromatic rings. The molecule has 1 unspecified atom stereocenters. The Bertz CT molecular complexity index is 577. The lowest BCUT2D eigenvalue weighted by atomic mass is 10.1. The van der Waals surface area contributed by atoms with Gasteiger partial charge in [-0.15, -0.1) is 0 Å². The van der Waals surface area contributed by atoms with Gasteiger partial charge in [0.05, 0.1) is 4.47 Å². The van der Waals surface area contributed by atoms with Gasteiger partial charge in [-0.3, -0.25) is 0 Å². The number of benzene rings is 1. The van der Waals surface area contributed by atoms with Crippen molar-refractivity contribution in [2.24, 2.45) is 5.73 Å². The Morgan fingerprint density at radius 3 is 2.65 bits per heavy atom. The standard InChI is InChI=1S/C14H15BrFN3O/c1-2-11(17)5-9-7-18-14(19-8-9)20-13-4-3-10(16)6-12(13)15/h3-4,6-8,11H,2,5,17H2,1H3. The molecule has 0 aliphatic heterocycles. The molecule has 1 atom stereocenters. The summed E-state index contributed by atoms with van der Waals surface area (Å²) in [5, 5.41) is 0. The van der Waals surface area contributed by atoms with Crippen LogP contribution in [0.25, 0.3) is 0 Å². The number of ether oxygens (including phenoxy) is 1. The quantitative estimate of drug-likeness (QED) is 0.906. The molecule has 1 aromatic heterocycles. The minimum Gasteiger partial charge on any atom is -0.423 e. The van der Waals surface area contributed by atoms with E-state index in [2.05, 4.69) is 25.9 Å². The zero-order chi connectivity index (χ0) is 14.5. The number of hydrogen-bond donors (Lipinski definition) is 1. The molecule has 1 aromatic carbocycles. The molecule has 0 saturated carbocycles. The fourth-order valence-corrected chi connectivity index (χ4v) is 2.04. The first kappa shape index (κ1) is 14.9. The van der Waals surface area contributed by atoms with Crippen molar-refractivity contribution < 1.29 is 9.13 Å². The third-order valence-electron chi connectivity index (χ3n) is 2.80. The predicted molar refractivity (Wildman–Crippen MR) is 78.2 cm³/mol. The molecule has 6 heteroatoms. The minimum atomic E-state index is -0.339. The summed E-state index contributed by atoms with van der Waals surface area (Å²) in [5.74, 6) is 0.124. The first-order valence-corrected chi connectivity index (χ1v) is 7.07. The van der Waals surface area contributed by atoms with Gasteiger partial charge < -0.3 is 10.5 Å². The van der Waals surface area contributed by atoms with Gasteiger partial charge in [-0.2, -0.15) is 0 Å². The van der Waals surface area contributed by atoms with Crippen LogP contribution in [0.4, 0.5) is 4.39 Å². The number of nitrogens with zero attached hydrogens (tertiary/aromatic N) is 2. The molecule has 1 heterocycles. The molecular weight excluding hydrogens is 325 g/mol. The van der Waals surface area contributed by atoms with Gasteiger partial charge in [0.1, 0.15) is 11.6 Å². The summed E-state index contributed by atoms with van der Waals surface area (Å²) in [4.78, 5) is 8.24. The van der Waals surface area contributed by atoms with Crippen LogP contribution in [0.1, 0.15) is 18.9 Å². The van der Waals surface area contributed by atoms with Gasteiger partial charge in [-0.05, 0) is 52.5 Å². The zero-order valence-electron chi connectivity index (χ0n) is 11.0.